The van der Waals surface area contributed by atoms with Crippen molar-refractivity contribution in [3.63, 3.8) is 0 Å². The summed E-state index contributed by atoms with van der Waals surface area (Å²) in [5.41, 5.74) is 0. The fourth-order valence-electron chi connectivity index (χ4n) is 0. The Hall–Kier alpha value is 2.45. The Kier molecular flexibility index (Phi) is 3600. The molecule has 0 unspecified atom stereocenters. The van der Waals surface area contributed by atoms with Crippen molar-refractivity contribution in [1.29, 1.82) is 0 Å². The number of hydrogen-bond acceptors (Lipinski definition) is 0. The van der Waals surface area contributed by atoms with E-state index in [4.69, 9.17) is 0 Å². The molecular formula is H4MoNa2O6. The normalized spacial score (nSPS) is 0. The van der Waals surface area contributed by atoms with Crippen LogP contribution >= 0.6 is 0 Å². The Labute approximate surface area is 111 Å². The van der Waals surface area contributed by atoms with Gasteiger partial charge in [0.15, 0.2) is 0 Å². The van der Waals surface area contributed by atoms with Crippen molar-refractivity contribution in [3.05, 3.63) is 0 Å². The molecule has 0 fully saturated rings. The molecular weight excluding hydrogens is 238 g/mol. The molecule has 6 nitrogen and oxygen atoms in total. The maximum Gasteiger partial charge on any atom is 6.00 e. The van der Waals surface area contributed by atoms with Crippen molar-refractivity contribution in [2.45, 2.75) is 0 Å². The van der Waals surface area contributed by atoms with Gasteiger partial charge in [-0.25, -0.2) is 0 Å². The molecule has 0 aliphatic heterocycles. The van der Waals surface area contributed by atoms with Gasteiger partial charge in [0.05, 0.1) is 0 Å². The zero-order valence-electron chi connectivity index (χ0n) is 5.04. The SMILES string of the molecule is O.O.[Mo+6].[Na+].[Na+].[O-2].[O-2].[O-2].[O-2]. The van der Waals surface area contributed by atoms with E-state index < -0.39 is 0 Å². The van der Waals surface area contributed by atoms with E-state index in [0.717, 1.165) is 0 Å². The second-order valence-electron chi connectivity index (χ2n) is 0. The van der Waals surface area contributed by atoms with Crippen LogP contribution in [-0.2, 0) is 43.0 Å². The van der Waals surface area contributed by atoms with E-state index in [1.54, 1.807) is 0 Å². The van der Waals surface area contributed by atoms with Crippen LogP contribution in [0.3, 0.4) is 0 Å². The average molecular weight is 242 g/mol. The molecule has 0 aromatic carbocycles. The quantitative estimate of drug-likeness (QED) is 0.366. The fraction of sp³-hybridized carbons (Fsp3) is 0. The summed E-state index contributed by atoms with van der Waals surface area (Å²) in [6.07, 6.45) is 0. The van der Waals surface area contributed by atoms with Crippen LogP contribution in [-0.4, -0.2) is 11.0 Å². The van der Waals surface area contributed by atoms with Gasteiger partial charge in [-0.3, -0.25) is 0 Å². The first-order valence-electron chi connectivity index (χ1n) is 0. The molecule has 0 amide bonds. The second-order valence-corrected chi connectivity index (χ2v) is 0. The fourth-order valence-corrected chi connectivity index (χ4v) is 0. The van der Waals surface area contributed by atoms with Crippen LogP contribution in [0.15, 0.2) is 0 Å². The molecule has 9 heteroatoms. The Balaban J connectivity index is 0. The zero-order valence-corrected chi connectivity index (χ0v) is 11.0. The summed E-state index contributed by atoms with van der Waals surface area (Å²) in [7, 11) is 0. The Bertz CT molecular complexity index is 11.0. The van der Waals surface area contributed by atoms with Crippen LogP contribution in [0.2, 0.25) is 0 Å². The monoisotopic (exact) mass is 244 g/mol. The van der Waals surface area contributed by atoms with Gasteiger partial charge >= 0.3 is 80.2 Å². The summed E-state index contributed by atoms with van der Waals surface area (Å²) < 4.78 is 0. The third-order valence-electron chi connectivity index (χ3n) is 0. The summed E-state index contributed by atoms with van der Waals surface area (Å²) in [4.78, 5) is 0. The first kappa shape index (κ1) is 208. The smallest absolute Gasteiger partial charge is 2.00 e. The summed E-state index contributed by atoms with van der Waals surface area (Å²) >= 11 is 0. The number of hydrogen-bond donors (Lipinski definition) is 0. The molecule has 0 aliphatic carbocycles. The third kappa shape index (κ3) is 124. The minimum atomic E-state index is 0. The van der Waals surface area contributed by atoms with Gasteiger partial charge in [0.1, 0.15) is 0 Å². The van der Waals surface area contributed by atoms with E-state index in [2.05, 4.69) is 0 Å². The van der Waals surface area contributed by atoms with Crippen LogP contribution < -0.4 is 59.1 Å². The van der Waals surface area contributed by atoms with Crippen molar-refractivity contribution in [2.75, 3.05) is 0 Å². The van der Waals surface area contributed by atoms with E-state index in [9.17, 15) is 0 Å². The molecule has 0 aromatic heterocycles. The van der Waals surface area contributed by atoms with Crippen molar-refractivity contribution in [2.24, 2.45) is 0 Å². The Morgan fingerprint density at radius 2 is 0.444 bits per heavy atom. The molecule has 0 rings (SSSR count). The largest absolute Gasteiger partial charge is 6.00 e. The molecule has 0 heterocycles. The van der Waals surface area contributed by atoms with Gasteiger partial charge in [0, 0.05) is 0 Å². The summed E-state index contributed by atoms with van der Waals surface area (Å²) in [6, 6.07) is 0. The average Bonchev–Trinajstić information content (AvgIpc) is 0. The number of rotatable bonds is 0. The van der Waals surface area contributed by atoms with Crippen molar-refractivity contribution >= 4 is 0 Å². The minimum absolute atomic E-state index is 0. The predicted molar refractivity (Wildman–Crippen MR) is 9.97 cm³/mol. The van der Waals surface area contributed by atoms with Crippen LogP contribution in [0.1, 0.15) is 0 Å². The molecule has 0 atom stereocenters. The standard InChI is InChI=1S/Mo.2Na.2H2O.4O/h;;;2*1H2;;;;/q+6;2*+1;;;4*-2. The molecule has 0 radical (unpaired) electrons. The van der Waals surface area contributed by atoms with Crippen LogP contribution in [0, 0.1) is 0 Å². The molecule has 0 aliphatic rings. The van der Waals surface area contributed by atoms with Gasteiger partial charge in [0.25, 0.3) is 0 Å². The van der Waals surface area contributed by atoms with Gasteiger partial charge in [-0.1, -0.05) is 0 Å². The van der Waals surface area contributed by atoms with Gasteiger partial charge in [0.2, 0.25) is 0 Å². The molecule has 0 aromatic rings. The van der Waals surface area contributed by atoms with Crippen molar-refractivity contribution < 1.29 is 113 Å². The topological polar surface area (TPSA) is 177 Å². The van der Waals surface area contributed by atoms with Gasteiger partial charge in [-0.05, 0) is 0 Å². The maximum atomic E-state index is 0. The van der Waals surface area contributed by atoms with Gasteiger partial charge in [-0.15, -0.1) is 0 Å². The van der Waals surface area contributed by atoms with Gasteiger partial charge in [-0.2, -0.15) is 0 Å². The van der Waals surface area contributed by atoms with E-state index >= 15 is 0 Å². The molecule has 0 bridgehead atoms. The summed E-state index contributed by atoms with van der Waals surface area (Å²) in [5.74, 6) is 0. The summed E-state index contributed by atoms with van der Waals surface area (Å²) in [6.45, 7) is 0. The van der Waals surface area contributed by atoms with Crippen LogP contribution in [0.25, 0.3) is 0 Å². The van der Waals surface area contributed by atoms with E-state index in [1.807, 2.05) is 0 Å². The minimum Gasteiger partial charge on any atom is -2.00 e. The zero-order chi connectivity index (χ0) is 0. The molecule has 0 saturated heterocycles. The van der Waals surface area contributed by atoms with Crippen molar-refractivity contribution in [1.82, 2.24) is 0 Å². The first-order valence-corrected chi connectivity index (χ1v) is 0. The maximum absolute atomic E-state index is 0. The molecule has 0 saturated carbocycles. The van der Waals surface area contributed by atoms with Crippen molar-refractivity contribution in [3.8, 4) is 0 Å². The Morgan fingerprint density at radius 3 is 0.444 bits per heavy atom. The first-order chi connectivity index (χ1) is 0. The van der Waals surface area contributed by atoms with E-state index in [0.29, 0.717) is 0 Å². The molecule has 0 spiro atoms. The molecule has 48 valence electrons. The van der Waals surface area contributed by atoms with E-state index in [-0.39, 0.29) is 113 Å². The predicted octanol–water partition coefficient (Wildman–Crippen LogP) is -8.12. The Morgan fingerprint density at radius 1 is 0.444 bits per heavy atom. The molecule has 9 heavy (non-hydrogen) atoms. The van der Waals surface area contributed by atoms with Crippen LogP contribution in [0.4, 0.5) is 0 Å². The molecule has 4 N–H and O–H groups in total. The van der Waals surface area contributed by atoms with E-state index in [1.165, 1.54) is 0 Å². The second kappa shape index (κ2) is 156. The summed E-state index contributed by atoms with van der Waals surface area (Å²) in [5, 5.41) is 0. The third-order valence-corrected chi connectivity index (χ3v) is 0. The van der Waals surface area contributed by atoms with Crippen LogP contribution in [0.5, 0.6) is 0 Å². The van der Waals surface area contributed by atoms with Gasteiger partial charge < -0.3 is 32.9 Å².